The number of hydrogen-bond donors (Lipinski definition) is 1. The Hall–Kier alpha value is -1.05. The number of ether oxygens (including phenoxy) is 2. The third kappa shape index (κ3) is 3.72. The van der Waals surface area contributed by atoms with Crippen LogP contribution < -0.4 is 14.2 Å². The van der Waals surface area contributed by atoms with Crippen molar-refractivity contribution in [2.45, 2.75) is 4.90 Å². The molecule has 5 nitrogen and oxygen atoms in total. The van der Waals surface area contributed by atoms with Crippen LogP contribution in [0.1, 0.15) is 0 Å². The van der Waals surface area contributed by atoms with Crippen LogP contribution in [0.5, 0.6) is 11.5 Å². The highest BCUT2D eigenvalue weighted by molar-refractivity contribution is 9.11. The minimum atomic E-state index is -3.64. The Morgan fingerprint density at radius 3 is 2.56 bits per heavy atom. The molecule has 1 aromatic carbocycles. The number of sulfonamides is 1. The molecule has 1 N–H and O–H groups in total. The maximum absolute atomic E-state index is 12.0. The number of rotatable bonds is 6. The van der Waals surface area contributed by atoms with E-state index in [0.717, 1.165) is 0 Å². The van der Waals surface area contributed by atoms with Gasteiger partial charge in [0, 0.05) is 17.1 Å². The smallest absolute Gasteiger partial charge is 0.244 e. The SMILES string of the molecule is C=C(Br)CNS(=O)(=O)c1ccc(OC)cc1OC. The Labute approximate surface area is 115 Å². The van der Waals surface area contributed by atoms with E-state index in [1.807, 2.05) is 0 Å². The fourth-order valence-corrected chi connectivity index (χ4v) is 2.75. The third-order valence-electron chi connectivity index (χ3n) is 2.11. The van der Waals surface area contributed by atoms with E-state index in [0.29, 0.717) is 10.2 Å². The summed E-state index contributed by atoms with van der Waals surface area (Å²) < 4.78 is 37.0. The maximum Gasteiger partial charge on any atom is 0.244 e. The van der Waals surface area contributed by atoms with Crippen LogP contribution >= 0.6 is 15.9 Å². The number of benzene rings is 1. The second kappa shape index (κ2) is 6.21. The standard InChI is InChI=1S/C11H14BrNO4S/c1-8(12)7-13-18(14,15)11-5-4-9(16-2)6-10(11)17-3/h4-6,13H,1,7H2,2-3H3. The molecule has 0 aliphatic heterocycles. The van der Waals surface area contributed by atoms with Crippen LogP contribution in [0.4, 0.5) is 0 Å². The largest absolute Gasteiger partial charge is 0.497 e. The van der Waals surface area contributed by atoms with Gasteiger partial charge in [0.15, 0.2) is 0 Å². The average molecular weight is 336 g/mol. The van der Waals surface area contributed by atoms with Gasteiger partial charge in [-0.05, 0) is 12.1 Å². The summed E-state index contributed by atoms with van der Waals surface area (Å²) in [4.78, 5) is 0.0551. The summed E-state index contributed by atoms with van der Waals surface area (Å²) in [6.45, 7) is 3.67. The zero-order chi connectivity index (χ0) is 13.8. The lowest BCUT2D eigenvalue weighted by Crippen LogP contribution is -2.25. The molecule has 0 amide bonds. The highest BCUT2D eigenvalue weighted by atomic mass is 79.9. The molecule has 0 bridgehead atoms. The number of hydrogen-bond acceptors (Lipinski definition) is 4. The number of halogens is 1. The van der Waals surface area contributed by atoms with E-state index >= 15 is 0 Å². The average Bonchev–Trinajstić information content (AvgIpc) is 2.35. The lowest BCUT2D eigenvalue weighted by Gasteiger charge is -2.11. The Bertz CT molecular complexity index is 542. The van der Waals surface area contributed by atoms with Gasteiger partial charge in [-0.2, -0.15) is 0 Å². The zero-order valence-corrected chi connectivity index (χ0v) is 12.5. The molecular weight excluding hydrogens is 322 g/mol. The molecule has 18 heavy (non-hydrogen) atoms. The second-order valence-electron chi connectivity index (χ2n) is 3.36. The van der Waals surface area contributed by atoms with E-state index in [4.69, 9.17) is 9.47 Å². The van der Waals surface area contributed by atoms with Gasteiger partial charge in [0.1, 0.15) is 16.4 Å². The molecule has 7 heteroatoms. The van der Waals surface area contributed by atoms with E-state index < -0.39 is 10.0 Å². The molecule has 0 radical (unpaired) electrons. The first-order valence-electron chi connectivity index (χ1n) is 4.95. The number of methoxy groups -OCH3 is 2. The monoisotopic (exact) mass is 335 g/mol. The van der Waals surface area contributed by atoms with E-state index in [1.54, 1.807) is 6.07 Å². The van der Waals surface area contributed by atoms with Gasteiger partial charge in [-0.3, -0.25) is 0 Å². The van der Waals surface area contributed by atoms with Crippen molar-refractivity contribution in [2.75, 3.05) is 20.8 Å². The minimum Gasteiger partial charge on any atom is -0.497 e. The molecule has 0 spiro atoms. The van der Waals surface area contributed by atoms with Gasteiger partial charge >= 0.3 is 0 Å². The highest BCUT2D eigenvalue weighted by Crippen LogP contribution is 2.28. The van der Waals surface area contributed by atoms with Crippen LogP contribution in [0.2, 0.25) is 0 Å². The quantitative estimate of drug-likeness (QED) is 0.862. The summed E-state index contributed by atoms with van der Waals surface area (Å²) in [5, 5.41) is 0. The Morgan fingerprint density at radius 1 is 1.39 bits per heavy atom. The predicted octanol–water partition coefficient (Wildman–Crippen LogP) is 1.89. The molecule has 0 heterocycles. The summed E-state index contributed by atoms with van der Waals surface area (Å²) in [6.07, 6.45) is 0. The van der Waals surface area contributed by atoms with Crippen LogP contribution in [0.15, 0.2) is 34.2 Å². The van der Waals surface area contributed by atoms with Gasteiger partial charge in [-0.15, -0.1) is 0 Å². The molecule has 0 aliphatic carbocycles. The molecular formula is C11H14BrNO4S. The van der Waals surface area contributed by atoms with Crippen molar-refractivity contribution >= 4 is 26.0 Å². The van der Waals surface area contributed by atoms with Gasteiger partial charge in [-0.1, -0.05) is 22.5 Å². The predicted molar refractivity (Wildman–Crippen MR) is 72.8 cm³/mol. The van der Waals surface area contributed by atoms with Crippen molar-refractivity contribution < 1.29 is 17.9 Å². The maximum atomic E-state index is 12.0. The molecule has 0 fully saturated rings. The molecule has 0 aromatic heterocycles. The Morgan fingerprint density at radius 2 is 2.06 bits per heavy atom. The van der Waals surface area contributed by atoms with Gasteiger partial charge in [0.25, 0.3) is 0 Å². The van der Waals surface area contributed by atoms with Gasteiger partial charge in [0.05, 0.1) is 14.2 Å². The molecule has 0 saturated heterocycles. The number of nitrogens with one attached hydrogen (secondary N) is 1. The topological polar surface area (TPSA) is 64.6 Å². The summed E-state index contributed by atoms with van der Waals surface area (Å²) >= 11 is 3.09. The van der Waals surface area contributed by atoms with Crippen LogP contribution in [0, 0.1) is 0 Å². The van der Waals surface area contributed by atoms with Crippen LogP contribution in [0.3, 0.4) is 0 Å². The van der Waals surface area contributed by atoms with Crippen LogP contribution in [-0.2, 0) is 10.0 Å². The van der Waals surface area contributed by atoms with E-state index in [1.165, 1.54) is 26.4 Å². The Kier molecular flexibility index (Phi) is 5.18. The summed E-state index contributed by atoms with van der Waals surface area (Å²) in [5.74, 6) is 0.748. The lowest BCUT2D eigenvalue weighted by atomic mass is 10.3. The Balaban J connectivity index is 3.11. The molecule has 0 saturated carbocycles. The van der Waals surface area contributed by atoms with Gasteiger partial charge in [-0.25, -0.2) is 13.1 Å². The van der Waals surface area contributed by atoms with E-state index in [-0.39, 0.29) is 17.2 Å². The normalized spacial score (nSPS) is 11.1. The molecule has 0 atom stereocenters. The first-order chi connectivity index (χ1) is 8.40. The van der Waals surface area contributed by atoms with Gasteiger partial charge < -0.3 is 9.47 Å². The van der Waals surface area contributed by atoms with Crippen molar-refractivity contribution in [2.24, 2.45) is 0 Å². The summed E-state index contributed by atoms with van der Waals surface area (Å²) in [5.41, 5.74) is 0. The molecule has 0 unspecified atom stereocenters. The third-order valence-corrected chi connectivity index (χ3v) is 3.84. The molecule has 1 rings (SSSR count). The van der Waals surface area contributed by atoms with Crippen molar-refractivity contribution in [3.8, 4) is 11.5 Å². The highest BCUT2D eigenvalue weighted by Gasteiger charge is 2.19. The van der Waals surface area contributed by atoms with Gasteiger partial charge in [0.2, 0.25) is 10.0 Å². The van der Waals surface area contributed by atoms with E-state index in [9.17, 15) is 8.42 Å². The summed E-state index contributed by atoms with van der Waals surface area (Å²) in [7, 11) is -0.748. The fourth-order valence-electron chi connectivity index (χ4n) is 1.25. The summed E-state index contributed by atoms with van der Waals surface area (Å²) in [6, 6.07) is 4.49. The first kappa shape index (κ1) is 15.0. The minimum absolute atomic E-state index is 0.0551. The second-order valence-corrected chi connectivity index (χ2v) is 6.22. The molecule has 1 aromatic rings. The zero-order valence-electron chi connectivity index (χ0n) is 10.1. The molecule has 0 aliphatic rings. The fraction of sp³-hybridized carbons (Fsp3) is 0.273. The molecule has 100 valence electrons. The lowest BCUT2D eigenvalue weighted by molar-refractivity contribution is 0.386. The van der Waals surface area contributed by atoms with Crippen molar-refractivity contribution in [1.29, 1.82) is 0 Å². The van der Waals surface area contributed by atoms with Crippen LogP contribution in [0.25, 0.3) is 0 Å². The van der Waals surface area contributed by atoms with Crippen LogP contribution in [-0.4, -0.2) is 29.2 Å². The van der Waals surface area contributed by atoms with Crippen molar-refractivity contribution in [1.82, 2.24) is 4.72 Å². The van der Waals surface area contributed by atoms with Crippen molar-refractivity contribution in [3.05, 3.63) is 29.3 Å². The van der Waals surface area contributed by atoms with E-state index in [2.05, 4.69) is 27.2 Å². The first-order valence-corrected chi connectivity index (χ1v) is 7.23. The van der Waals surface area contributed by atoms with Crippen molar-refractivity contribution in [3.63, 3.8) is 0 Å².